The number of benzene rings is 3. The van der Waals surface area contributed by atoms with Crippen LogP contribution in [0, 0.1) is 6.92 Å². The summed E-state index contributed by atoms with van der Waals surface area (Å²) in [6, 6.07) is 24.4. The number of rotatable bonds is 9. The lowest BCUT2D eigenvalue weighted by atomic mass is 10.2. The van der Waals surface area contributed by atoms with Gasteiger partial charge in [0.25, 0.3) is 0 Å². The molecule has 0 aliphatic heterocycles. The Balaban J connectivity index is 1.34. The molecule has 0 radical (unpaired) electrons. The number of carbonyl (C=O) groups excluding carboxylic acids is 1. The van der Waals surface area contributed by atoms with Crippen LogP contribution in [-0.4, -0.2) is 37.0 Å². The van der Waals surface area contributed by atoms with E-state index in [1.54, 1.807) is 24.3 Å². The normalized spacial score (nSPS) is 11.5. The topological polar surface area (TPSA) is 93.1 Å². The SMILES string of the molecule is Cc1ccc(S(=O)(=O)NCCNC(=O)CCc2nc3ccccc3n2-c2ccccc2)cc1. The highest BCUT2D eigenvalue weighted by Gasteiger charge is 2.15. The molecule has 0 bridgehead atoms. The Hall–Kier alpha value is -3.49. The van der Waals surface area contributed by atoms with Crippen molar-refractivity contribution in [2.75, 3.05) is 13.1 Å². The van der Waals surface area contributed by atoms with Gasteiger partial charge < -0.3 is 5.32 Å². The molecule has 0 saturated heterocycles. The summed E-state index contributed by atoms with van der Waals surface area (Å²) in [6.45, 7) is 2.22. The third-order valence-corrected chi connectivity index (χ3v) is 6.77. The Bertz CT molecular complexity index is 1350. The third kappa shape index (κ3) is 5.47. The van der Waals surface area contributed by atoms with Gasteiger partial charge in [-0.1, -0.05) is 48.0 Å². The first kappa shape index (κ1) is 22.7. The minimum atomic E-state index is -3.60. The lowest BCUT2D eigenvalue weighted by molar-refractivity contribution is -0.121. The van der Waals surface area contributed by atoms with Gasteiger partial charge >= 0.3 is 0 Å². The molecule has 7 nitrogen and oxygen atoms in total. The number of aryl methyl sites for hydroxylation is 2. The summed E-state index contributed by atoms with van der Waals surface area (Å²) >= 11 is 0. The minimum Gasteiger partial charge on any atom is -0.355 e. The average Bonchev–Trinajstić information content (AvgIpc) is 3.20. The molecule has 4 rings (SSSR count). The molecule has 1 aromatic heterocycles. The van der Waals surface area contributed by atoms with E-state index >= 15 is 0 Å². The van der Waals surface area contributed by atoms with Crippen molar-refractivity contribution in [2.45, 2.75) is 24.7 Å². The van der Waals surface area contributed by atoms with Crippen molar-refractivity contribution in [3.05, 3.63) is 90.3 Å². The fourth-order valence-corrected chi connectivity index (χ4v) is 4.64. The van der Waals surface area contributed by atoms with Gasteiger partial charge in [0.2, 0.25) is 15.9 Å². The Morgan fingerprint density at radius 1 is 0.909 bits per heavy atom. The van der Waals surface area contributed by atoms with Crippen LogP contribution in [0.4, 0.5) is 0 Å². The molecule has 1 heterocycles. The Morgan fingerprint density at radius 3 is 2.36 bits per heavy atom. The summed E-state index contributed by atoms with van der Waals surface area (Å²) in [5.41, 5.74) is 3.85. The van der Waals surface area contributed by atoms with Crippen LogP contribution >= 0.6 is 0 Å². The summed E-state index contributed by atoms with van der Waals surface area (Å²) in [6.07, 6.45) is 0.714. The molecule has 3 aromatic carbocycles. The van der Waals surface area contributed by atoms with Crippen LogP contribution in [0.25, 0.3) is 16.7 Å². The highest BCUT2D eigenvalue weighted by Crippen LogP contribution is 2.22. The lowest BCUT2D eigenvalue weighted by Gasteiger charge is -2.10. The average molecular weight is 463 g/mol. The summed E-state index contributed by atoms with van der Waals surface area (Å²) < 4.78 is 29.2. The van der Waals surface area contributed by atoms with Crippen LogP contribution in [0.2, 0.25) is 0 Å². The van der Waals surface area contributed by atoms with Crippen LogP contribution in [0.5, 0.6) is 0 Å². The zero-order valence-electron chi connectivity index (χ0n) is 18.4. The second kappa shape index (κ2) is 9.97. The van der Waals surface area contributed by atoms with Gasteiger partial charge in [-0.05, 0) is 43.3 Å². The van der Waals surface area contributed by atoms with Gasteiger partial charge in [-0.25, -0.2) is 18.1 Å². The summed E-state index contributed by atoms with van der Waals surface area (Å²) in [5, 5.41) is 2.78. The summed E-state index contributed by atoms with van der Waals surface area (Å²) in [7, 11) is -3.60. The monoisotopic (exact) mass is 462 g/mol. The van der Waals surface area contributed by atoms with Crippen LogP contribution < -0.4 is 10.0 Å². The molecule has 4 aromatic rings. The Kier molecular flexibility index (Phi) is 6.86. The Labute approximate surface area is 193 Å². The molecule has 0 aliphatic carbocycles. The zero-order valence-corrected chi connectivity index (χ0v) is 19.2. The molecule has 0 atom stereocenters. The van der Waals surface area contributed by atoms with Crippen LogP contribution in [0.1, 0.15) is 17.8 Å². The molecule has 1 amide bonds. The van der Waals surface area contributed by atoms with Gasteiger partial charge in [0.15, 0.2) is 0 Å². The van der Waals surface area contributed by atoms with Crippen molar-refractivity contribution in [3.8, 4) is 5.69 Å². The van der Waals surface area contributed by atoms with E-state index in [0.717, 1.165) is 28.1 Å². The van der Waals surface area contributed by atoms with Gasteiger partial charge in [-0.3, -0.25) is 9.36 Å². The molecule has 0 fully saturated rings. The number of hydrogen-bond acceptors (Lipinski definition) is 4. The zero-order chi connectivity index (χ0) is 23.3. The maximum Gasteiger partial charge on any atom is 0.240 e. The molecule has 8 heteroatoms. The van der Waals surface area contributed by atoms with E-state index in [2.05, 4.69) is 14.6 Å². The number of hydrogen-bond donors (Lipinski definition) is 2. The predicted octanol–water partition coefficient (Wildman–Crippen LogP) is 3.36. The third-order valence-electron chi connectivity index (χ3n) is 5.29. The number of imidazole rings is 1. The van der Waals surface area contributed by atoms with Crippen molar-refractivity contribution in [3.63, 3.8) is 0 Å². The molecule has 0 spiro atoms. The van der Waals surface area contributed by atoms with E-state index < -0.39 is 10.0 Å². The number of carbonyl (C=O) groups is 1. The highest BCUT2D eigenvalue weighted by molar-refractivity contribution is 7.89. The van der Waals surface area contributed by atoms with E-state index in [9.17, 15) is 13.2 Å². The molecule has 33 heavy (non-hydrogen) atoms. The number of para-hydroxylation sites is 3. The molecular formula is C25H26N4O3S. The predicted molar refractivity (Wildman–Crippen MR) is 129 cm³/mol. The Morgan fingerprint density at radius 2 is 1.61 bits per heavy atom. The summed E-state index contributed by atoms with van der Waals surface area (Å²) in [4.78, 5) is 17.3. The van der Waals surface area contributed by atoms with E-state index in [-0.39, 0.29) is 30.3 Å². The van der Waals surface area contributed by atoms with E-state index in [1.165, 1.54) is 0 Å². The van der Waals surface area contributed by atoms with Crippen molar-refractivity contribution in [1.82, 2.24) is 19.6 Å². The van der Waals surface area contributed by atoms with Gasteiger partial charge in [0.1, 0.15) is 5.82 Å². The second-order valence-corrected chi connectivity index (χ2v) is 9.52. The van der Waals surface area contributed by atoms with Crippen molar-refractivity contribution < 1.29 is 13.2 Å². The fourth-order valence-electron chi connectivity index (χ4n) is 3.61. The number of aromatic nitrogens is 2. The first-order valence-corrected chi connectivity index (χ1v) is 12.3. The standard InChI is InChI=1S/C25H26N4O3S/c1-19-11-13-21(14-12-19)33(31,32)27-18-17-26-25(30)16-15-24-28-22-9-5-6-10-23(22)29(24)20-7-3-2-4-8-20/h2-14,27H,15-18H2,1H3,(H,26,30). The van der Waals surface area contributed by atoms with E-state index in [0.29, 0.717) is 6.42 Å². The fraction of sp³-hybridized carbons (Fsp3) is 0.200. The second-order valence-electron chi connectivity index (χ2n) is 7.75. The maximum atomic E-state index is 12.4. The molecular weight excluding hydrogens is 436 g/mol. The number of amides is 1. The maximum absolute atomic E-state index is 12.4. The molecule has 170 valence electrons. The smallest absolute Gasteiger partial charge is 0.240 e. The first-order chi connectivity index (χ1) is 15.9. The number of nitrogens with one attached hydrogen (secondary N) is 2. The first-order valence-electron chi connectivity index (χ1n) is 10.8. The summed E-state index contributed by atoms with van der Waals surface area (Å²) in [5.74, 6) is 0.647. The highest BCUT2D eigenvalue weighted by atomic mass is 32.2. The van der Waals surface area contributed by atoms with E-state index in [1.807, 2.05) is 61.5 Å². The largest absolute Gasteiger partial charge is 0.355 e. The van der Waals surface area contributed by atoms with Crippen LogP contribution in [0.15, 0.2) is 83.8 Å². The quantitative estimate of drug-likeness (QED) is 0.373. The number of sulfonamides is 1. The van der Waals surface area contributed by atoms with Gasteiger partial charge in [0.05, 0.1) is 15.9 Å². The minimum absolute atomic E-state index is 0.116. The lowest BCUT2D eigenvalue weighted by Crippen LogP contribution is -2.34. The van der Waals surface area contributed by atoms with Gasteiger partial charge in [-0.15, -0.1) is 0 Å². The number of fused-ring (bicyclic) bond motifs is 1. The van der Waals surface area contributed by atoms with Crippen LogP contribution in [0.3, 0.4) is 0 Å². The number of nitrogens with zero attached hydrogens (tertiary/aromatic N) is 2. The van der Waals surface area contributed by atoms with E-state index in [4.69, 9.17) is 4.98 Å². The molecule has 0 unspecified atom stereocenters. The van der Waals surface area contributed by atoms with Gasteiger partial charge in [0, 0.05) is 31.6 Å². The molecule has 0 aliphatic rings. The molecule has 2 N–H and O–H groups in total. The van der Waals surface area contributed by atoms with Crippen LogP contribution in [-0.2, 0) is 21.2 Å². The van der Waals surface area contributed by atoms with Crippen molar-refractivity contribution in [1.29, 1.82) is 0 Å². The molecule has 0 saturated carbocycles. The van der Waals surface area contributed by atoms with Gasteiger partial charge in [-0.2, -0.15) is 0 Å². The van der Waals surface area contributed by atoms with Crippen molar-refractivity contribution in [2.24, 2.45) is 0 Å². The van der Waals surface area contributed by atoms with Crippen molar-refractivity contribution >= 4 is 27.0 Å².